The van der Waals surface area contributed by atoms with Gasteiger partial charge in [0, 0.05) is 17.7 Å². The fraction of sp³-hybridized carbons (Fsp3) is 0.600. The van der Waals surface area contributed by atoms with Crippen LogP contribution in [0, 0.1) is 17.7 Å². The minimum absolute atomic E-state index is 0.0554. The fourth-order valence-electron chi connectivity index (χ4n) is 2.64. The predicted octanol–water partition coefficient (Wildman–Crippen LogP) is 3.15. The van der Waals surface area contributed by atoms with E-state index < -0.39 is 0 Å². The van der Waals surface area contributed by atoms with Crippen LogP contribution in [0.3, 0.4) is 0 Å². The second-order valence-electron chi connectivity index (χ2n) is 5.14. The molecule has 1 aromatic carbocycles. The molecule has 1 aliphatic rings. The maximum absolute atomic E-state index is 14.3. The molecule has 1 N–H and O–H groups in total. The van der Waals surface area contributed by atoms with E-state index in [1.54, 1.807) is 13.2 Å². The van der Waals surface area contributed by atoms with Crippen LogP contribution in [0.1, 0.15) is 31.9 Å². The molecule has 0 aromatic heterocycles. The summed E-state index contributed by atoms with van der Waals surface area (Å²) in [4.78, 5) is 0. The van der Waals surface area contributed by atoms with Crippen LogP contribution in [0.25, 0.3) is 0 Å². The number of benzene rings is 1. The Morgan fingerprint density at radius 3 is 2.37 bits per heavy atom. The number of nitrogens with one attached hydrogen (secondary N) is 1. The van der Waals surface area contributed by atoms with Crippen molar-refractivity contribution in [3.05, 3.63) is 23.5 Å². The summed E-state index contributed by atoms with van der Waals surface area (Å²) >= 11 is 0. The number of ether oxygens (including phenoxy) is 2. The standard InChI is InChI=1S/C15H22FNO2/c1-5-17-15(10-6-9(10)2)11-7-13(18-3)14(19-4)8-12(11)16/h7-10,15,17H,5-6H2,1-4H3. The molecule has 0 aliphatic heterocycles. The van der Waals surface area contributed by atoms with Gasteiger partial charge in [-0.2, -0.15) is 0 Å². The van der Waals surface area contributed by atoms with Crippen molar-refractivity contribution in [1.82, 2.24) is 5.32 Å². The smallest absolute Gasteiger partial charge is 0.163 e. The minimum Gasteiger partial charge on any atom is -0.493 e. The maximum Gasteiger partial charge on any atom is 0.163 e. The number of rotatable bonds is 6. The number of halogens is 1. The van der Waals surface area contributed by atoms with E-state index in [9.17, 15) is 4.39 Å². The molecule has 3 atom stereocenters. The van der Waals surface area contributed by atoms with Crippen molar-refractivity contribution in [2.45, 2.75) is 26.3 Å². The quantitative estimate of drug-likeness (QED) is 0.859. The first-order valence-electron chi connectivity index (χ1n) is 6.77. The van der Waals surface area contributed by atoms with E-state index in [0.717, 1.165) is 13.0 Å². The third kappa shape index (κ3) is 2.84. The van der Waals surface area contributed by atoms with Gasteiger partial charge in [0.1, 0.15) is 5.82 Å². The van der Waals surface area contributed by atoms with E-state index in [-0.39, 0.29) is 11.9 Å². The van der Waals surface area contributed by atoms with E-state index in [4.69, 9.17) is 9.47 Å². The molecule has 0 radical (unpaired) electrons. The summed E-state index contributed by atoms with van der Waals surface area (Å²) in [5.41, 5.74) is 0.675. The summed E-state index contributed by atoms with van der Waals surface area (Å²) in [7, 11) is 3.09. The molecule has 3 unspecified atom stereocenters. The van der Waals surface area contributed by atoms with Crippen LogP contribution in [0.4, 0.5) is 4.39 Å². The Morgan fingerprint density at radius 1 is 1.32 bits per heavy atom. The lowest BCUT2D eigenvalue weighted by Gasteiger charge is -2.20. The lowest BCUT2D eigenvalue weighted by atomic mass is 9.99. The lowest BCUT2D eigenvalue weighted by Crippen LogP contribution is -2.24. The zero-order valence-electron chi connectivity index (χ0n) is 12.0. The van der Waals surface area contributed by atoms with Crippen molar-refractivity contribution in [2.24, 2.45) is 11.8 Å². The molecule has 1 aromatic rings. The van der Waals surface area contributed by atoms with E-state index >= 15 is 0 Å². The number of hydrogen-bond donors (Lipinski definition) is 1. The highest BCUT2D eigenvalue weighted by molar-refractivity contribution is 5.45. The van der Waals surface area contributed by atoms with Crippen molar-refractivity contribution in [2.75, 3.05) is 20.8 Å². The Kier molecular flexibility index (Phi) is 4.30. The molecule has 0 bridgehead atoms. The summed E-state index contributed by atoms with van der Waals surface area (Å²) in [6.45, 7) is 5.06. The largest absolute Gasteiger partial charge is 0.493 e. The Bertz CT molecular complexity index is 450. The second kappa shape index (κ2) is 5.78. The van der Waals surface area contributed by atoms with Gasteiger partial charge in [0.15, 0.2) is 11.5 Å². The maximum atomic E-state index is 14.3. The van der Waals surface area contributed by atoms with Gasteiger partial charge in [-0.25, -0.2) is 4.39 Å². The average Bonchev–Trinajstić information content (AvgIpc) is 3.13. The average molecular weight is 267 g/mol. The van der Waals surface area contributed by atoms with Gasteiger partial charge in [-0.1, -0.05) is 13.8 Å². The van der Waals surface area contributed by atoms with Crippen LogP contribution in [0.15, 0.2) is 12.1 Å². The van der Waals surface area contributed by atoms with Gasteiger partial charge in [-0.05, 0) is 30.9 Å². The molecule has 1 aliphatic carbocycles. The lowest BCUT2D eigenvalue weighted by molar-refractivity contribution is 0.349. The molecule has 1 saturated carbocycles. The topological polar surface area (TPSA) is 30.5 Å². The molecule has 1 fully saturated rings. The Morgan fingerprint density at radius 2 is 1.89 bits per heavy atom. The van der Waals surface area contributed by atoms with Crippen LogP contribution in [-0.4, -0.2) is 20.8 Å². The molecule has 0 saturated heterocycles. The van der Waals surface area contributed by atoms with Gasteiger partial charge in [-0.3, -0.25) is 0 Å². The third-order valence-corrected chi connectivity index (χ3v) is 3.86. The SMILES string of the molecule is CCNC(c1cc(OC)c(OC)cc1F)C1CC1C. The van der Waals surface area contributed by atoms with Crippen LogP contribution in [0.2, 0.25) is 0 Å². The van der Waals surface area contributed by atoms with E-state index in [1.165, 1.54) is 13.2 Å². The molecular formula is C15H22FNO2. The van der Waals surface area contributed by atoms with Crippen LogP contribution in [-0.2, 0) is 0 Å². The van der Waals surface area contributed by atoms with Crippen molar-refractivity contribution in [3.63, 3.8) is 0 Å². The minimum atomic E-state index is -0.234. The monoisotopic (exact) mass is 267 g/mol. The van der Waals surface area contributed by atoms with Gasteiger partial charge in [0.2, 0.25) is 0 Å². The molecule has 0 heterocycles. The fourth-order valence-corrected chi connectivity index (χ4v) is 2.64. The molecule has 0 spiro atoms. The van der Waals surface area contributed by atoms with Gasteiger partial charge in [0.25, 0.3) is 0 Å². The summed E-state index contributed by atoms with van der Waals surface area (Å²) < 4.78 is 24.7. The Balaban J connectivity index is 2.36. The molecule has 106 valence electrons. The molecule has 0 amide bonds. The van der Waals surface area contributed by atoms with Crippen molar-refractivity contribution in [1.29, 1.82) is 0 Å². The molecule has 3 nitrogen and oxygen atoms in total. The van der Waals surface area contributed by atoms with E-state index in [0.29, 0.717) is 28.9 Å². The molecule has 19 heavy (non-hydrogen) atoms. The summed E-state index contributed by atoms with van der Waals surface area (Å²) in [6.07, 6.45) is 1.14. The zero-order valence-corrected chi connectivity index (χ0v) is 12.0. The first kappa shape index (κ1) is 14.1. The number of hydrogen-bond acceptors (Lipinski definition) is 3. The van der Waals surface area contributed by atoms with Crippen LogP contribution >= 0.6 is 0 Å². The van der Waals surface area contributed by atoms with E-state index in [2.05, 4.69) is 12.2 Å². The van der Waals surface area contributed by atoms with E-state index in [1.807, 2.05) is 6.92 Å². The van der Waals surface area contributed by atoms with Gasteiger partial charge < -0.3 is 14.8 Å². The van der Waals surface area contributed by atoms with Gasteiger partial charge in [-0.15, -0.1) is 0 Å². The molecular weight excluding hydrogens is 245 g/mol. The highest BCUT2D eigenvalue weighted by atomic mass is 19.1. The Hall–Kier alpha value is -1.29. The van der Waals surface area contributed by atoms with Gasteiger partial charge in [0.05, 0.1) is 14.2 Å². The summed E-state index contributed by atoms with van der Waals surface area (Å²) in [5, 5.41) is 3.38. The van der Waals surface area contributed by atoms with Gasteiger partial charge >= 0.3 is 0 Å². The Labute approximate surface area is 114 Å². The van der Waals surface area contributed by atoms with Crippen molar-refractivity contribution >= 4 is 0 Å². The van der Waals surface area contributed by atoms with Crippen LogP contribution in [0.5, 0.6) is 11.5 Å². The van der Waals surface area contributed by atoms with Crippen molar-refractivity contribution in [3.8, 4) is 11.5 Å². The highest BCUT2D eigenvalue weighted by Gasteiger charge is 2.41. The highest BCUT2D eigenvalue weighted by Crippen LogP contribution is 2.48. The zero-order chi connectivity index (χ0) is 14.0. The summed E-state index contributed by atoms with van der Waals surface area (Å²) in [5.74, 6) is 1.93. The third-order valence-electron chi connectivity index (χ3n) is 3.86. The second-order valence-corrected chi connectivity index (χ2v) is 5.14. The molecule has 2 rings (SSSR count). The predicted molar refractivity (Wildman–Crippen MR) is 73.2 cm³/mol. The van der Waals surface area contributed by atoms with Crippen molar-refractivity contribution < 1.29 is 13.9 Å². The normalized spacial score (nSPS) is 23.0. The first-order valence-corrected chi connectivity index (χ1v) is 6.77. The molecule has 4 heteroatoms. The number of methoxy groups -OCH3 is 2. The first-order chi connectivity index (χ1) is 9.12. The van der Waals surface area contributed by atoms with Crippen LogP contribution < -0.4 is 14.8 Å². The summed E-state index contributed by atoms with van der Waals surface area (Å²) in [6, 6.07) is 3.22.